The van der Waals surface area contributed by atoms with Crippen molar-refractivity contribution < 1.29 is 4.20 Å². The highest BCUT2D eigenvalue weighted by Crippen LogP contribution is 2.17. The summed E-state index contributed by atoms with van der Waals surface area (Å²) >= 11 is 0. The van der Waals surface area contributed by atoms with Crippen molar-refractivity contribution in [3.63, 3.8) is 0 Å². The first-order valence-corrected chi connectivity index (χ1v) is 3.69. The van der Waals surface area contributed by atoms with Crippen LogP contribution in [-0.4, -0.2) is 0 Å². The fraction of sp³-hybridized carbons (Fsp3) is 0. The van der Waals surface area contributed by atoms with Gasteiger partial charge in [0.15, 0.2) is 8.11 Å². The molecule has 0 radical (unpaired) electrons. The molecule has 0 N–H and O–H groups in total. The molecule has 5 heavy (non-hydrogen) atoms. The summed E-state index contributed by atoms with van der Waals surface area (Å²) in [4.78, 5) is 0. The topological polar surface area (TPSA) is 13.1 Å². The third kappa shape index (κ3) is 0.718. The van der Waals surface area contributed by atoms with E-state index in [4.69, 9.17) is 4.20 Å². The van der Waals surface area contributed by atoms with Gasteiger partial charge in [0.05, 0.1) is 0 Å². The van der Waals surface area contributed by atoms with Gasteiger partial charge < -0.3 is 4.20 Å². The largest absolute Gasteiger partial charge is 0.442 e. The summed E-state index contributed by atoms with van der Waals surface area (Å²) < 4.78 is 4.72. The Morgan fingerprint density at radius 3 is 2.80 bits per heavy atom. The van der Waals surface area contributed by atoms with Gasteiger partial charge in [-0.15, -0.1) is 0 Å². The monoisotopic (exact) mass is 104 g/mol. The zero-order chi connectivity index (χ0) is 3.54. The lowest BCUT2D eigenvalue weighted by molar-refractivity contribution is 0.696. The standard InChI is InChI=1S/C2H2OP2/c1-2-4-5-3-1/h1-2H. The number of hydrogen-bond donors (Lipinski definition) is 0. The van der Waals surface area contributed by atoms with Gasteiger partial charge in [-0.05, 0) is 0 Å². The van der Waals surface area contributed by atoms with Gasteiger partial charge in [0, 0.05) is 13.7 Å². The average molecular weight is 104 g/mol. The molecule has 0 fully saturated rings. The van der Waals surface area contributed by atoms with Crippen LogP contribution in [0.5, 0.6) is 0 Å². The second-order valence-corrected chi connectivity index (χ2v) is 2.67. The molecule has 0 saturated carbocycles. The van der Waals surface area contributed by atoms with E-state index in [1.807, 2.05) is 5.80 Å². The van der Waals surface area contributed by atoms with Crippen LogP contribution in [0, 0.1) is 0 Å². The average Bonchev–Trinajstić information content (AvgIpc) is 1.76. The summed E-state index contributed by atoms with van der Waals surface area (Å²) in [5.41, 5.74) is 0. The summed E-state index contributed by atoms with van der Waals surface area (Å²) in [6.45, 7) is 0. The molecular weight excluding hydrogens is 102 g/mol. The van der Waals surface area contributed by atoms with Crippen LogP contribution in [0.25, 0.3) is 0 Å². The molecule has 1 aromatic rings. The molecule has 0 aromatic carbocycles. The Kier molecular flexibility index (Phi) is 1.03. The van der Waals surface area contributed by atoms with Crippen molar-refractivity contribution in [2.24, 2.45) is 0 Å². The van der Waals surface area contributed by atoms with E-state index in [0.717, 1.165) is 8.11 Å². The Morgan fingerprint density at radius 2 is 2.60 bits per heavy atom. The van der Waals surface area contributed by atoms with Gasteiger partial charge in [0.2, 0.25) is 0 Å². The molecule has 0 aliphatic carbocycles. The highest BCUT2D eigenvalue weighted by atomic mass is 31.8. The molecule has 0 aliphatic heterocycles. The van der Waals surface area contributed by atoms with E-state index in [-0.39, 0.29) is 0 Å². The minimum Gasteiger partial charge on any atom is -0.442 e. The Hall–Kier alpha value is 0.140. The lowest BCUT2D eigenvalue weighted by Crippen LogP contribution is -1.12. The van der Waals surface area contributed by atoms with Crippen molar-refractivity contribution in [3.05, 3.63) is 12.1 Å². The highest BCUT2D eigenvalue weighted by Gasteiger charge is 1.62. The van der Waals surface area contributed by atoms with Crippen LogP contribution >= 0.6 is 16.0 Å². The third-order valence-corrected chi connectivity index (χ3v) is 1.81. The minimum absolute atomic E-state index is 1.05. The summed E-state index contributed by atoms with van der Waals surface area (Å²) in [6, 6.07) is 0. The van der Waals surface area contributed by atoms with Crippen LogP contribution in [-0.2, 0) is 0 Å². The van der Waals surface area contributed by atoms with Crippen LogP contribution in [0.1, 0.15) is 0 Å². The zero-order valence-electron chi connectivity index (χ0n) is 2.46. The van der Waals surface area contributed by atoms with E-state index in [1.165, 1.54) is 7.87 Å². The second-order valence-electron chi connectivity index (χ2n) is 0.588. The maximum Gasteiger partial charge on any atom is 0.155 e. The molecule has 0 aliphatic rings. The summed E-state index contributed by atoms with van der Waals surface area (Å²) in [5.74, 6) is 1.97. The Morgan fingerprint density at radius 1 is 1.60 bits per heavy atom. The summed E-state index contributed by atoms with van der Waals surface area (Å²) in [6.07, 6.45) is 1.71. The molecule has 0 saturated heterocycles. The Labute approximate surface area is 33.2 Å². The van der Waals surface area contributed by atoms with E-state index in [9.17, 15) is 0 Å². The maximum atomic E-state index is 4.72. The molecular formula is C2H2OP2. The first kappa shape index (κ1) is 3.33. The van der Waals surface area contributed by atoms with Crippen LogP contribution in [0.15, 0.2) is 16.3 Å². The third-order valence-electron chi connectivity index (χ3n) is 0.283. The molecule has 1 heterocycles. The lowest BCUT2D eigenvalue weighted by atomic mass is 11.1. The highest BCUT2D eigenvalue weighted by molar-refractivity contribution is 7.87. The first-order valence-electron chi connectivity index (χ1n) is 1.21. The van der Waals surface area contributed by atoms with Gasteiger partial charge >= 0.3 is 0 Å². The van der Waals surface area contributed by atoms with E-state index in [2.05, 4.69) is 0 Å². The normalized spacial score (nSPS) is 11.2. The van der Waals surface area contributed by atoms with Gasteiger partial charge in [0.25, 0.3) is 0 Å². The first-order chi connectivity index (χ1) is 2.50. The van der Waals surface area contributed by atoms with E-state index < -0.39 is 0 Å². The molecule has 0 amide bonds. The van der Waals surface area contributed by atoms with Crippen LogP contribution in [0.4, 0.5) is 0 Å². The molecule has 0 spiro atoms. The van der Waals surface area contributed by atoms with Crippen LogP contribution < -0.4 is 0 Å². The fourth-order valence-electron chi connectivity index (χ4n) is 0.136. The van der Waals surface area contributed by atoms with Crippen LogP contribution in [0.3, 0.4) is 0 Å². The predicted molar refractivity (Wildman–Crippen MR) is 23.7 cm³/mol. The lowest BCUT2D eigenvalue weighted by Gasteiger charge is -1.47. The molecule has 0 bridgehead atoms. The molecule has 0 unspecified atom stereocenters. The summed E-state index contributed by atoms with van der Waals surface area (Å²) in [7, 11) is 2.31. The van der Waals surface area contributed by atoms with Gasteiger partial charge in [-0.25, -0.2) is 0 Å². The Bertz CT molecular complexity index is 64.1. The van der Waals surface area contributed by atoms with Gasteiger partial charge in [0.1, 0.15) is 6.26 Å². The van der Waals surface area contributed by atoms with Crippen molar-refractivity contribution in [1.29, 1.82) is 0 Å². The van der Waals surface area contributed by atoms with Crippen molar-refractivity contribution in [2.45, 2.75) is 0 Å². The molecule has 1 nitrogen and oxygen atoms in total. The number of rotatable bonds is 0. The van der Waals surface area contributed by atoms with E-state index in [1.54, 1.807) is 6.26 Å². The quantitative estimate of drug-likeness (QED) is 0.492. The van der Waals surface area contributed by atoms with Gasteiger partial charge in [-0.1, -0.05) is 0 Å². The summed E-state index contributed by atoms with van der Waals surface area (Å²) in [5, 5.41) is 0. The zero-order valence-corrected chi connectivity index (χ0v) is 4.25. The minimum atomic E-state index is 1.05. The van der Waals surface area contributed by atoms with E-state index in [0.29, 0.717) is 0 Å². The van der Waals surface area contributed by atoms with E-state index >= 15 is 0 Å². The van der Waals surface area contributed by atoms with Crippen molar-refractivity contribution in [3.8, 4) is 0 Å². The molecule has 1 aromatic heterocycles. The van der Waals surface area contributed by atoms with Crippen molar-refractivity contribution >= 4 is 16.0 Å². The fourth-order valence-corrected chi connectivity index (χ4v) is 1.22. The number of hydrogen-bond acceptors (Lipinski definition) is 1. The maximum absolute atomic E-state index is 4.72. The molecule has 26 valence electrons. The molecule has 0 atom stereocenters. The van der Waals surface area contributed by atoms with Crippen molar-refractivity contribution in [2.75, 3.05) is 0 Å². The predicted octanol–water partition coefficient (Wildman–Crippen LogP) is 2.44. The molecule has 1 rings (SSSR count). The SMILES string of the molecule is c1cppo1. The Balaban J connectivity index is 3.13. The van der Waals surface area contributed by atoms with Gasteiger partial charge in [-0.3, -0.25) is 0 Å². The molecule has 3 heteroatoms. The second kappa shape index (κ2) is 1.55. The van der Waals surface area contributed by atoms with Crippen molar-refractivity contribution in [1.82, 2.24) is 0 Å². The van der Waals surface area contributed by atoms with Gasteiger partial charge in [-0.2, -0.15) is 0 Å². The smallest absolute Gasteiger partial charge is 0.155 e. The van der Waals surface area contributed by atoms with Crippen LogP contribution in [0.2, 0.25) is 0 Å².